The largest absolute Gasteiger partial charge is 0.393 e. The molecule has 2 aliphatic heterocycles. The molecule has 0 radical (unpaired) electrons. The summed E-state index contributed by atoms with van der Waals surface area (Å²) >= 11 is 0. The van der Waals surface area contributed by atoms with Crippen molar-refractivity contribution in [3.8, 4) is 0 Å². The smallest absolute Gasteiger partial charge is 0.186 e. The Morgan fingerprint density at radius 2 is 1.47 bits per heavy atom. The van der Waals surface area contributed by atoms with Gasteiger partial charge in [-0.1, -0.05) is 0 Å². The SMILES string of the molecule is COC1CC(C2OC3CC(O)CC(O)C3CC2OC2OCC(O)C(O)C2O)CC(O)C1O. The zero-order chi connectivity index (χ0) is 23.2. The third-order valence-electron chi connectivity index (χ3n) is 7.58. The summed E-state index contributed by atoms with van der Waals surface area (Å²) in [6.45, 7) is -0.206. The van der Waals surface area contributed by atoms with E-state index in [1.165, 1.54) is 7.11 Å². The fraction of sp³-hybridized carbons (Fsp3) is 1.00. The predicted octanol–water partition coefficient (Wildman–Crippen LogP) is -2.75. The van der Waals surface area contributed by atoms with Crippen molar-refractivity contribution >= 4 is 0 Å². The van der Waals surface area contributed by atoms with Crippen LogP contribution in [0.15, 0.2) is 0 Å². The number of methoxy groups -OCH3 is 1. The van der Waals surface area contributed by atoms with Gasteiger partial charge in [-0.3, -0.25) is 0 Å². The lowest BCUT2D eigenvalue weighted by molar-refractivity contribution is -0.314. The number of aliphatic hydroxyl groups excluding tert-OH is 7. The monoisotopic (exact) mass is 464 g/mol. The standard InChI is InChI=1S/C21H36O11/c1-29-15-3-8(2-12(24)17(15)26)20-16(32-21-19(28)18(27)13(25)7-30-21)6-10-11(23)4-9(22)5-14(10)31-20/h8-28H,2-7H2,1H3. The van der Waals surface area contributed by atoms with Crippen molar-refractivity contribution in [2.75, 3.05) is 13.7 Å². The molecule has 32 heavy (non-hydrogen) atoms. The van der Waals surface area contributed by atoms with Crippen LogP contribution >= 0.6 is 0 Å². The van der Waals surface area contributed by atoms with Crippen LogP contribution < -0.4 is 0 Å². The van der Waals surface area contributed by atoms with E-state index in [1.54, 1.807) is 0 Å². The number of rotatable bonds is 4. The maximum atomic E-state index is 10.5. The second kappa shape index (κ2) is 10.0. The molecule has 4 rings (SSSR count). The number of hydrogen-bond acceptors (Lipinski definition) is 11. The molecule has 0 aromatic rings. The molecule has 2 aliphatic carbocycles. The van der Waals surface area contributed by atoms with Crippen LogP contribution in [0.3, 0.4) is 0 Å². The normalized spacial score (nSPS) is 54.8. The molecule has 2 heterocycles. The molecule has 4 fully saturated rings. The molecular formula is C21H36O11. The van der Waals surface area contributed by atoms with Gasteiger partial charge in [0.15, 0.2) is 6.29 Å². The lowest BCUT2D eigenvalue weighted by Crippen LogP contribution is -2.60. The Morgan fingerprint density at radius 1 is 0.719 bits per heavy atom. The van der Waals surface area contributed by atoms with Crippen molar-refractivity contribution < 1.29 is 54.7 Å². The summed E-state index contributed by atoms with van der Waals surface area (Å²) in [7, 11) is 1.46. The molecule has 0 amide bonds. The number of hydrogen-bond donors (Lipinski definition) is 7. The van der Waals surface area contributed by atoms with Gasteiger partial charge in [-0.05, 0) is 38.0 Å². The highest BCUT2D eigenvalue weighted by molar-refractivity contribution is 5.00. The Bertz CT molecular complexity index is 623. The minimum Gasteiger partial charge on any atom is -0.393 e. The maximum Gasteiger partial charge on any atom is 0.186 e. The third kappa shape index (κ3) is 4.84. The topological polar surface area (TPSA) is 179 Å². The van der Waals surface area contributed by atoms with Gasteiger partial charge in [-0.15, -0.1) is 0 Å². The van der Waals surface area contributed by atoms with Crippen LogP contribution in [-0.2, 0) is 18.9 Å². The molecule has 0 aromatic heterocycles. The molecule has 4 aliphatic rings. The molecule has 7 N–H and O–H groups in total. The average molecular weight is 465 g/mol. The van der Waals surface area contributed by atoms with Gasteiger partial charge >= 0.3 is 0 Å². The highest BCUT2D eigenvalue weighted by Gasteiger charge is 2.51. The quantitative estimate of drug-likeness (QED) is 0.229. The van der Waals surface area contributed by atoms with Gasteiger partial charge in [0, 0.05) is 13.0 Å². The van der Waals surface area contributed by atoms with Crippen LogP contribution in [0.5, 0.6) is 0 Å². The number of aliphatic hydroxyl groups is 7. The van der Waals surface area contributed by atoms with Gasteiger partial charge < -0.3 is 54.7 Å². The fourth-order valence-corrected chi connectivity index (χ4v) is 5.75. The van der Waals surface area contributed by atoms with Crippen LogP contribution in [0, 0.1) is 11.8 Å². The van der Waals surface area contributed by atoms with E-state index in [2.05, 4.69) is 0 Å². The first-order chi connectivity index (χ1) is 15.2. The molecule has 186 valence electrons. The molecular weight excluding hydrogens is 428 g/mol. The van der Waals surface area contributed by atoms with Gasteiger partial charge in [-0.25, -0.2) is 0 Å². The first-order valence-corrected chi connectivity index (χ1v) is 11.4. The van der Waals surface area contributed by atoms with E-state index in [4.69, 9.17) is 18.9 Å². The van der Waals surface area contributed by atoms with E-state index in [1.807, 2.05) is 0 Å². The van der Waals surface area contributed by atoms with Crippen molar-refractivity contribution in [2.24, 2.45) is 11.8 Å². The molecule has 0 bridgehead atoms. The van der Waals surface area contributed by atoms with Crippen LogP contribution in [0.25, 0.3) is 0 Å². The van der Waals surface area contributed by atoms with Gasteiger partial charge in [0.05, 0.1) is 49.3 Å². The molecule has 14 unspecified atom stereocenters. The average Bonchev–Trinajstić information content (AvgIpc) is 2.75. The number of ether oxygens (including phenoxy) is 4. The molecule has 14 atom stereocenters. The zero-order valence-corrected chi connectivity index (χ0v) is 18.1. The van der Waals surface area contributed by atoms with E-state index in [9.17, 15) is 35.7 Å². The van der Waals surface area contributed by atoms with Crippen LogP contribution in [0.2, 0.25) is 0 Å². The van der Waals surface area contributed by atoms with E-state index in [0.717, 1.165) is 0 Å². The Labute approximate surface area is 186 Å². The Kier molecular flexibility index (Phi) is 7.75. The minimum atomic E-state index is -1.47. The second-order valence-corrected chi connectivity index (χ2v) is 9.72. The van der Waals surface area contributed by atoms with E-state index < -0.39 is 73.4 Å². The fourth-order valence-electron chi connectivity index (χ4n) is 5.75. The van der Waals surface area contributed by atoms with E-state index in [-0.39, 0.29) is 31.3 Å². The first kappa shape index (κ1) is 24.7. The van der Waals surface area contributed by atoms with Crippen LogP contribution in [0.1, 0.15) is 32.1 Å². The molecule has 11 heteroatoms. The Balaban J connectivity index is 1.55. The molecule has 0 aromatic carbocycles. The zero-order valence-electron chi connectivity index (χ0n) is 18.1. The summed E-state index contributed by atoms with van der Waals surface area (Å²) in [6, 6.07) is 0. The van der Waals surface area contributed by atoms with Gasteiger partial charge in [0.25, 0.3) is 0 Å². The Hall–Kier alpha value is -0.440. The highest BCUT2D eigenvalue weighted by atomic mass is 16.7. The molecule has 11 nitrogen and oxygen atoms in total. The van der Waals surface area contributed by atoms with Crippen molar-refractivity contribution in [1.29, 1.82) is 0 Å². The first-order valence-electron chi connectivity index (χ1n) is 11.4. The van der Waals surface area contributed by atoms with E-state index >= 15 is 0 Å². The highest BCUT2D eigenvalue weighted by Crippen LogP contribution is 2.43. The van der Waals surface area contributed by atoms with Crippen LogP contribution in [0.4, 0.5) is 0 Å². The summed E-state index contributed by atoms with van der Waals surface area (Å²) in [5, 5.41) is 71.3. The summed E-state index contributed by atoms with van der Waals surface area (Å²) < 4.78 is 23.2. The summed E-state index contributed by atoms with van der Waals surface area (Å²) in [5.41, 5.74) is 0. The summed E-state index contributed by atoms with van der Waals surface area (Å²) in [6.07, 6.45) is -9.50. The summed E-state index contributed by atoms with van der Waals surface area (Å²) in [5.74, 6) is -0.565. The van der Waals surface area contributed by atoms with Crippen molar-refractivity contribution in [1.82, 2.24) is 0 Å². The summed E-state index contributed by atoms with van der Waals surface area (Å²) in [4.78, 5) is 0. The van der Waals surface area contributed by atoms with Crippen LogP contribution in [-0.4, -0.2) is 123 Å². The Morgan fingerprint density at radius 3 is 2.19 bits per heavy atom. The number of fused-ring (bicyclic) bond motifs is 1. The molecule has 0 spiro atoms. The van der Waals surface area contributed by atoms with Gasteiger partial charge in [-0.2, -0.15) is 0 Å². The molecule has 2 saturated carbocycles. The van der Waals surface area contributed by atoms with Crippen molar-refractivity contribution in [3.63, 3.8) is 0 Å². The minimum absolute atomic E-state index is 0.206. The van der Waals surface area contributed by atoms with Gasteiger partial charge in [0.2, 0.25) is 0 Å². The molecule has 2 saturated heterocycles. The third-order valence-corrected chi connectivity index (χ3v) is 7.58. The maximum absolute atomic E-state index is 10.5. The van der Waals surface area contributed by atoms with Crippen molar-refractivity contribution in [3.05, 3.63) is 0 Å². The van der Waals surface area contributed by atoms with E-state index in [0.29, 0.717) is 19.3 Å². The second-order valence-electron chi connectivity index (χ2n) is 9.72. The van der Waals surface area contributed by atoms with Gasteiger partial charge in [0.1, 0.15) is 24.4 Å². The lowest BCUT2D eigenvalue weighted by atomic mass is 9.72. The van der Waals surface area contributed by atoms with Crippen molar-refractivity contribution in [2.45, 2.75) is 106 Å². The predicted molar refractivity (Wildman–Crippen MR) is 106 cm³/mol. The lowest BCUT2D eigenvalue weighted by Gasteiger charge is -2.51.